The van der Waals surface area contributed by atoms with Crippen molar-refractivity contribution in [1.82, 2.24) is 10.3 Å². The summed E-state index contributed by atoms with van der Waals surface area (Å²) in [5.74, 6) is -6.61. The smallest absolute Gasteiger partial charge is 0.326 e. The number of alkyl halides is 2. The second-order valence-electron chi connectivity index (χ2n) is 11.4. The maximum atomic E-state index is 15.4. The van der Waals surface area contributed by atoms with Crippen molar-refractivity contribution in [2.24, 2.45) is 4.99 Å². The number of aromatic nitrogens is 1. The predicted molar refractivity (Wildman–Crippen MR) is 179 cm³/mol. The van der Waals surface area contributed by atoms with Gasteiger partial charge in [-0.25, -0.2) is 22.8 Å². The zero-order valence-corrected chi connectivity index (χ0v) is 27.0. The fourth-order valence-electron chi connectivity index (χ4n) is 5.57. The summed E-state index contributed by atoms with van der Waals surface area (Å²) >= 11 is 0. The number of carbonyl (C=O) groups is 4. The van der Waals surface area contributed by atoms with Crippen molar-refractivity contribution in [3.05, 3.63) is 82.9 Å². The first-order valence-corrected chi connectivity index (χ1v) is 15.0. The molecule has 3 aromatic rings. The molecule has 49 heavy (non-hydrogen) atoms. The van der Waals surface area contributed by atoms with Gasteiger partial charge in [0.2, 0.25) is 0 Å². The van der Waals surface area contributed by atoms with Gasteiger partial charge in [-0.2, -0.15) is 0 Å². The third kappa shape index (κ3) is 7.95. The van der Waals surface area contributed by atoms with Crippen LogP contribution in [0.25, 0.3) is 6.08 Å². The van der Waals surface area contributed by atoms with Crippen LogP contribution in [-0.4, -0.2) is 85.8 Å². The first-order valence-electron chi connectivity index (χ1n) is 15.0. The maximum Gasteiger partial charge on any atom is 0.326 e. The molecule has 0 saturated carbocycles. The number of rotatable bonds is 12. The molecule has 258 valence electrons. The SMILES string of the molecule is C=Cc1c(C[C@H](NC(=O)c2c(C)cc(N3CCOC[C@@H]3C(C)(F)F)cc2F)C(=O)O)ccc(NC(=O)N(C)c2cnccc2C=O)c1N=C. The number of aliphatic carboxylic acids is 1. The van der Waals surface area contributed by atoms with E-state index in [-0.39, 0.29) is 60.1 Å². The lowest BCUT2D eigenvalue weighted by Crippen LogP contribution is -2.54. The van der Waals surface area contributed by atoms with E-state index in [1.165, 1.54) is 66.5 Å². The summed E-state index contributed by atoms with van der Waals surface area (Å²) < 4.78 is 49.2. The van der Waals surface area contributed by atoms with Gasteiger partial charge in [-0.3, -0.25) is 24.5 Å². The summed E-state index contributed by atoms with van der Waals surface area (Å²) in [6.07, 6.45) is 4.43. The number of anilines is 3. The Bertz CT molecular complexity index is 1770. The van der Waals surface area contributed by atoms with E-state index in [2.05, 4.69) is 33.9 Å². The quantitative estimate of drug-likeness (QED) is 0.173. The van der Waals surface area contributed by atoms with Crippen molar-refractivity contribution in [1.29, 1.82) is 0 Å². The zero-order valence-electron chi connectivity index (χ0n) is 27.0. The highest BCUT2D eigenvalue weighted by Gasteiger charge is 2.41. The molecule has 12 nitrogen and oxygen atoms in total. The Morgan fingerprint density at radius 1 is 1.29 bits per heavy atom. The number of ether oxygens (including phenoxy) is 1. The molecule has 0 unspecified atom stereocenters. The van der Waals surface area contributed by atoms with E-state index in [0.717, 1.165) is 13.0 Å². The van der Waals surface area contributed by atoms with Crippen molar-refractivity contribution >= 4 is 59.7 Å². The second-order valence-corrected chi connectivity index (χ2v) is 11.4. The molecule has 3 amide bonds. The number of halogens is 3. The number of urea groups is 1. The fourth-order valence-corrected chi connectivity index (χ4v) is 5.57. The molecule has 2 atom stereocenters. The summed E-state index contributed by atoms with van der Waals surface area (Å²) in [6.45, 7) is 9.48. The highest BCUT2D eigenvalue weighted by molar-refractivity contribution is 6.06. The fraction of sp³-hybridized carbons (Fsp3) is 0.294. The largest absolute Gasteiger partial charge is 0.480 e. The number of hydrogen-bond donors (Lipinski definition) is 3. The number of carboxylic acid groups (broad SMARTS) is 1. The Labute approximate surface area is 280 Å². The maximum absolute atomic E-state index is 15.4. The number of aldehydes is 1. The highest BCUT2D eigenvalue weighted by Crippen LogP contribution is 2.35. The van der Waals surface area contributed by atoms with Crippen LogP contribution in [0.2, 0.25) is 0 Å². The van der Waals surface area contributed by atoms with Gasteiger partial charge in [0.1, 0.15) is 17.9 Å². The van der Waals surface area contributed by atoms with E-state index in [4.69, 9.17) is 4.74 Å². The zero-order chi connectivity index (χ0) is 36.0. The lowest BCUT2D eigenvalue weighted by Gasteiger charge is -2.40. The molecule has 2 aromatic carbocycles. The van der Waals surface area contributed by atoms with Crippen LogP contribution in [0.3, 0.4) is 0 Å². The molecule has 0 bridgehead atoms. The van der Waals surface area contributed by atoms with Gasteiger partial charge in [0.25, 0.3) is 11.8 Å². The van der Waals surface area contributed by atoms with E-state index in [9.17, 15) is 33.1 Å². The number of nitrogens with one attached hydrogen (secondary N) is 2. The van der Waals surface area contributed by atoms with Crippen LogP contribution in [0.5, 0.6) is 0 Å². The number of nitrogens with zero attached hydrogens (tertiary/aromatic N) is 4. The number of aryl methyl sites for hydroxylation is 1. The van der Waals surface area contributed by atoms with E-state index in [0.29, 0.717) is 17.4 Å². The topological polar surface area (TPSA) is 154 Å². The van der Waals surface area contributed by atoms with Gasteiger partial charge in [0.15, 0.2) is 6.29 Å². The number of carboxylic acids is 1. The summed E-state index contributed by atoms with van der Waals surface area (Å²) in [4.78, 5) is 60.5. The van der Waals surface area contributed by atoms with Gasteiger partial charge in [-0.1, -0.05) is 18.7 Å². The Kier molecular flexibility index (Phi) is 11.2. The molecule has 0 radical (unpaired) electrons. The average molecular weight is 681 g/mol. The molecule has 0 aliphatic carbocycles. The minimum Gasteiger partial charge on any atom is -0.480 e. The summed E-state index contributed by atoms with van der Waals surface area (Å²) in [5.41, 5.74) is 1.32. The minimum absolute atomic E-state index is 0.0809. The predicted octanol–water partition coefficient (Wildman–Crippen LogP) is 5.27. The van der Waals surface area contributed by atoms with Gasteiger partial charge >= 0.3 is 12.0 Å². The van der Waals surface area contributed by atoms with Gasteiger partial charge in [0.05, 0.1) is 42.0 Å². The summed E-state index contributed by atoms with van der Waals surface area (Å²) in [6, 6.07) is 3.25. The molecule has 2 heterocycles. The summed E-state index contributed by atoms with van der Waals surface area (Å²) in [5, 5.41) is 15.0. The van der Waals surface area contributed by atoms with Crippen molar-refractivity contribution < 1.29 is 42.2 Å². The number of carbonyl (C=O) groups excluding carboxylic acids is 3. The molecule has 3 N–H and O–H groups in total. The van der Waals surface area contributed by atoms with Crippen LogP contribution in [0.1, 0.15) is 44.3 Å². The van der Waals surface area contributed by atoms with Crippen LogP contribution >= 0.6 is 0 Å². The van der Waals surface area contributed by atoms with Crippen molar-refractivity contribution in [3.8, 4) is 0 Å². The molecule has 15 heteroatoms. The van der Waals surface area contributed by atoms with Gasteiger partial charge in [0, 0.05) is 49.9 Å². The van der Waals surface area contributed by atoms with Gasteiger partial charge in [-0.05, 0) is 49.0 Å². The number of hydrogen-bond acceptors (Lipinski definition) is 8. The highest BCUT2D eigenvalue weighted by atomic mass is 19.3. The molecule has 4 rings (SSSR count). The van der Waals surface area contributed by atoms with Crippen LogP contribution in [0, 0.1) is 12.7 Å². The lowest BCUT2D eigenvalue weighted by molar-refractivity contribution is -0.139. The van der Waals surface area contributed by atoms with E-state index in [1.807, 2.05) is 0 Å². The first kappa shape index (κ1) is 36.3. The van der Waals surface area contributed by atoms with Gasteiger partial charge in [-0.15, -0.1) is 0 Å². The number of amides is 3. The van der Waals surface area contributed by atoms with Crippen LogP contribution < -0.4 is 20.4 Å². The van der Waals surface area contributed by atoms with Gasteiger partial charge < -0.3 is 25.4 Å². The Balaban J connectivity index is 1.57. The third-order valence-corrected chi connectivity index (χ3v) is 8.11. The van der Waals surface area contributed by atoms with E-state index >= 15 is 4.39 Å². The average Bonchev–Trinajstić information content (AvgIpc) is 3.06. The van der Waals surface area contributed by atoms with Crippen LogP contribution in [0.15, 0.2) is 54.3 Å². The molecule has 1 aliphatic heterocycles. The van der Waals surface area contributed by atoms with Crippen LogP contribution in [-0.2, 0) is 16.0 Å². The number of aliphatic imine (C=N–C) groups is 1. The van der Waals surface area contributed by atoms with E-state index in [1.54, 1.807) is 0 Å². The van der Waals surface area contributed by atoms with Crippen molar-refractivity contribution in [2.75, 3.05) is 41.9 Å². The molecular formula is C34H35F3N6O6. The number of benzene rings is 2. The lowest BCUT2D eigenvalue weighted by atomic mass is 9.97. The Morgan fingerprint density at radius 3 is 2.63 bits per heavy atom. The van der Waals surface area contributed by atoms with Crippen molar-refractivity contribution in [3.63, 3.8) is 0 Å². The second kappa shape index (κ2) is 15.1. The minimum atomic E-state index is -3.15. The molecule has 1 saturated heterocycles. The van der Waals surface area contributed by atoms with E-state index < -0.39 is 47.3 Å². The molecule has 0 spiro atoms. The monoisotopic (exact) mass is 680 g/mol. The Morgan fingerprint density at radius 2 is 2.02 bits per heavy atom. The standard InChI is InChI=1S/C34H35F3N6O6/c1-6-23-20(7-8-25(30(23)38-4)41-33(48)42(5)27-16-39-10-9-21(27)17-44)14-26(32(46)47)40-31(45)29-19(2)13-22(15-24(29)35)43-11-12-49-18-28(43)34(3,36)37/h6-10,13,15-17,26,28H,1,4,11-12,14,18H2,2-3,5H3,(H,40,45)(H,41,48)(H,46,47)/t26-,28+/m0/s1. The molecule has 1 aliphatic rings. The van der Waals surface area contributed by atoms with Crippen molar-refractivity contribution in [2.45, 2.75) is 38.3 Å². The molecule has 1 fully saturated rings. The number of morpholine rings is 1. The third-order valence-electron chi connectivity index (χ3n) is 8.11. The normalized spacial score (nSPS) is 15.1. The Hall–Kier alpha value is -5.57. The molecular weight excluding hydrogens is 645 g/mol. The first-order chi connectivity index (χ1) is 23.2. The summed E-state index contributed by atoms with van der Waals surface area (Å²) in [7, 11) is 1.43. The van der Waals surface area contributed by atoms with Crippen LogP contribution in [0.4, 0.5) is 40.7 Å². The molecule has 1 aromatic heterocycles. The number of pyridine rings is 1.